The third kappa shape index (κ3) is 6.27. The molecular weight excluding hydrogens is 721 g/mol. The summed E-state index contributed by atoms with van der Waals surface area (Å²) in [4.78, 5) is 0. The van der Waals surface area contributed by atoms with Crippen molar-refractivity contribution in [3.05, 3.63) is 241 Å². The molecule has 280 valence electrons. The molecule has 0 N–H and O–H groups in total. The fourth-order valence-electron chi connectivity index (χ4n) is 9.27. The first kappa shape index (κ1) is 35.4. The van der Waals surface area contributed by atoms with Crippen molar-refractivity contribution in [2.75, 3.05) is 0 Å². The highest BCUT2D eigenvalue weighted by atomic mass is 14.2. The summed E-state index contributed by atoms with van der Waals surface area (Å²) in [5.74, 6) is 0. The number of fused-ring (bicyclic) bond motifs is 5. The topological polar surface area (TPSA) is 0 Å². The molecule has 0 saturated heterocycles. The van der Waals surface area contributed by atoms with E-state index in [2.05, 4.69) is 243 Å². The van der Waals surface area contributed by atoms with Crippen LogP contribution < -0.4 is 0 Å². The van der Waals surface area contributed by atoms with Crippen LogP contribution in [-0.2, 0) is 0 Å². The van der Waals surface area contributed by atoms with Crippen molar-refractivity contribution in [3.8, 4) is 33.4 Å². The first-order valence-electron chi connectivity index (χ1n) is 20.8. The maximum Gasteiger partial charge on any atom is -0.00139 e. The lowest BCUT2D eigenvalue weighted by Gasteiger charge is -2.22. The summed E-state index contributed by atoms with van der Waals surface area (Å²) in [5, 5.41) is 12.4. The smallest absolute Gasteiger partial charge is 0.00139 e. The maximum atomic E-state index is 2.36. The molecule has 0 radical (unpaired) electrons. The van der Waals surface area contributed by atoms with Crippen molar-refractivity contribution in [2.45, 2.75) is 0 Å². The average Bonchev–Trinajstić information content (AvgIpc) is 3.32. The molecule has 0 bridgehead atoms. The third-order valence-corrected chi connectivity index (χ3v) is 12.1. The standard InChI is InChI=1S/C60H40/c1-3-16-41(17-4-1)30-32-44-36-38-55(51-24-11-9-22-48(44)51)58-53-26-13-14-27-54(53)60(59-50(28-15-29-57(58)59)47-35-34-43-20-7-8-21-46(43)40-47)56-39-37-45(49-23-10-12-25-52(49)56)33-31-42-18-5-2-6-19-42/h1-40H. The highest BCUT2D eigenvalue weighted by Crippen LogP contribution is 2.50. The van der Waals surface area contributed by atoms with E-state index < -0.39 is 0 Å². The summed E-state index contributed by atoms with van der Waals surface area (Å²) < 4.78 is 0. The van der Waals surface area contributed by atoms with Gasteiger partial charge in [0.1, 0.15) is 0 Å². The second-order valence-corrected chi connectivity index (χ2v) is 15.6. The van der Waals surface area contributed by atoms with Gasteiger partial charge in [-0.1, -0.05) is 237 Å². The van der Waals surface area contributed by atoms with Crippen molar-refractivity contribution >= 4 is 78.2 Å². The van der Waals surface area contributed by atoms with Crippen molar-refractivity contribution < 1.29 is 0 Å². The van der Waals surface area contributed by atoms with Gasteiger partial charge in [0.05, 0.1) is 0 Å². The largest absolute Gasteiger partial charge is 0.0622 e. The molecule has 0 atom stereocenters. The third-order valence-electron chi connectivity index (χ3n) is 12.1. The summed E-state index contributed by atoms with van der Waals surface area (Å²) in [5.41, 5.74) is 12.2. The van der Waals surface area contributed by atoms with Gasteiger partial charge in [-0.2, -0.15) is 0 Å². The van der Waals surface area contributed by atoms with E-state index in [4.69, 9.17) is 0 Å². The van der Waals surface area contributed by atoms with Crippen LogP contribution in [0.3, 0.4) is 0 Å². The minimum absolute atomic E-state index is 1.19. The molecule has 0 amide bonds. The molecule has 0 aromatic heterocycles. The van der Waals surface area contributed by atoms with Gasteiger partial charge in [-0.25, -0.2) is 0 Å². The summed E-state index contributed by atoms with van der Waals surface area (Å²) in [7, 11) is 0. The number of rotatable bonds is 7. The first-order chi connectivity index (χ1) is 29.8. The van der Waals surface area contributed by atoms with E-state index in [1.807, 2.05) is 0 Å². The van der Waals surface area contributed by atoms with Crippen LogP contribution in [-0.4, -0.2) is 0 Å². The van der Waals surface area contributed by atoms with E-state index >= 15 is 0 Å². The molecule has 11 aromatic rings. The molecule has 0 unspecified atom stereocenters. The van der Waals surface area contributed by atoms with Crippen LogP contribution in [0.2, 0.25) is 0 Å². The molecule has 0 aliphatic heterocycles. The van der Waals surface area contributed by atoms with E-state index in [0.717, 1.165) is 0 Å². The van der Waals surface area contributed by atoms with Crippen LogP contribution in [0.4, 0.5) is 0 Å². The Labute approximate surface area is 350 Å². The number of hydrogen-bond acceptors (Lipinski definition) is 0. The Hall–Kier alpha value is -7.80. The normalized spacial score (nSPS) is 11.9. The number of hydrogen-bond donors (Lipinski definition) is 0. The van der Waals surface area contributed by atoms with Crippen LogP contribution in [0.5, 0.6) is 0 Å². The lowest BCUT2D eigenvalue weighted by atomic mass is 9.80. The van der Waals surface area contributed by atoms with Gasteiger partial charge in [0.15, 0.2) is 0 Å². The van der Waals surface area contributed by atoms with Gasteiger partial charge in [-0.15, -0.1) is 0 Å². The summed E-state index contributed by atoms with van der Waals surface area (Å²) >= 11 is 0. The Bertz CT molecular complexity index is 3460. The van der Waals surface area contributed by atoms with E-state index in [-0.39, 0.29) is 0 Å². The molecule has 0 heterocycles. The summed E-state index contributed by atoms with van der Waals surface area (Å²) in [6, 6.07) is 79.8. The molecule has 0 aliphatic carbocycles. The molecule has 0 aliphatic rings. The Kier molecular flexibility index (Phi) is 8.95. The van der Waals surface area contributed by atoms with Crippen LogP contribution in [0.1, 0.15) is 22.3 Å². The number of benzene rings is 11. The molecular formula is C60H40. The fraction of sp³-hybridized carbons (Fsp3) is 0. The van der Waals surface area contributed by atoms with Crippen LogP contribution in [0.15, 0.2) is 218 Å². The van der Waals surface area contributed by atoms with Gasteiger partial charge in [0.25, 0.3) is 0 Å². The SMILES string of the molecule is C(=Cc1ccc(-c2c3ccccc3c(-c3ccc(C=Cc4ccccc4)c4ccccc34)c3c(-c4ccc5ccccc5c4)cccc23)c2ccccc12)c1ccccc1. The molecule has 60 heavy (non-hydrogen) atoms. The minimum Gasteiger partial charge on any atom is -0.0622 e. The van der Waals surface area contributed by atoms with Crippen LogP contribution in [0, 0.1) is 0 Å². The predicted molar refractivity (Wildman–Crippen MR) is 261 cm³/mol. The monoisotopic (exact) mass is 760 g/mol. The van der Waals surface area contributed by atoms with E-state index in [1.54, 1.807) is 0 Å². The Morgan fingerprint density at radius 1 is 0.250 bits per heavy atom. The Morgan fingerprint density at radius 3 is 1.32 bits per heavy atom. The fourth-order valence-corrected chi connectivity index (χ4v) is 9.27. The van der Waals surface area contributed by atoms with Gasteiger partial charge in [0.2, 0.25) is 0 Å². The van der Waals surface area contributed by atoms with Gasteiger partial charge >= 0.3 is 0 Å². The zero-order valence-corrected chi connectivity index (χ0v) is 33.1. The van der Waals surface area contributed by atoms with E-state index in [0.29, 0.717) is 0 Å². The second-order valence-electron chi connectivity index (χ2n) is 15.6. The zero-order chi connectivity index (χ0) is 39.8. The molecule has 11 rings (SSSR count). The highest BCUT2D eigenvalue weighted by molar-refractivity contribution is 6.28. The van der Waals surface area contributed by atoms with Gasteiger partial charge in [0, 0.05) is 0 Å². The van der Waals surface area contributed by atoms with Crippen LogP contribution in [0.25, 0.3) is 112 Å². The Morgan fingerprint density at radius 2 is 0.717 bits per heavy atom. The molecule has 0 fully saturated rings. The molecule has 11 aromatic carbocycles. The van der Waals surface area contributed by atoms with Crippen molar-refractivity contribution in [1.82, 2.24) is 0 Å². The predicted octanol–water partition coefficient (Wildman–Crippen LogP) is 16.8. The van der Waals surface area contributed by atoms with Crippen molar-refractivity contribution in [3.63, 3.8) is 0 Å². The molecule has 0 nitrogen and oxygen atoms in total. The van der Waals surface area contributed by atoms with Crippen LogP contribution >= 0.6 is 0 Å². The van der Waals surface area contributed by atoms with Gasteiger partial charge < -0.3 is 0 Å². The molecule has 0 spiro atoms. The quantitative estimate of drug-likeness (QED) is 0.112. The lowest BCUT2D eigenvalue weighted by molar-refractivity contribution is 1.65. The first-order valence-corrected chi connectivity index (χ1v) is 20.8. The Balaban J connectivity index is 1.22. The van der Waals surface area contributed by atoms with Gasteiger partial charge in [-0.3, -0.25) is 0 Å². The molecule has 0 saturated carbocycles. The van der Waals surface area contributed by atoms with Crippen molar-refractivity contribution in [1.29, 1.82) is 0 Å². The average molecular weight is 761 g/mol. The highest BCUT2D eigenvalue weighted by Gasteiger charge is 2.22. The molecule has 0 heteroatoms. The van der Waals surface area contributed by atoms with E-state index in [9.17, 15) is 0 Å². The minimum atomic E-state index is 1.19. The zero-order valence-electron chi connectivity index (χ0n) is 33.1. The van der Waals surface area contributed by atoms with E-state index in [1.165, 1.54) is 109 Å². The maximum absolute atomic E-state index is 2.36. The van der Waals surface area contributed by atoms with Gasteiger partial charge in [-0.05, 0) is 116 Å². The lowest BCUT2D eigenvalue weighted by Crippen LogP contribution is -1.95. The summed E-state index contributed by atoms with van der Waals surface area (Å²) in [6.45, 7) is 0. The summed E-state index contributed by atoms with van der Waals surface area (Å²) in [6.07, 6.45) is 8.93. The van der Waals surface area contributed by atoms with Crippen molar-refractivity contribution in [2.24, 2.45) is 0 Å². The second kappa shape index (κ2) is 15.2.